The number of hydrogen-bond donors (Lipinski definition) is 0. The van der Waals surface area contributed by atoms with E-state index in [1.165, 1.54) is 67.7 Å². The fraction of sp³-hybridized carbons (Fsp3) is 0. The second-order valence-electron chi connectivity index (χ2n) is 12.1. The van der Waals surface area contributed by atoms with Gasteiger partial charge in [0.2, 0.25) is 0 Å². The van der Waals surface area contributed by atoms with Crippen LogP contribution in [0.15, 0.2) is 144 Å². The van der Waals surface area contributed by atoms with E-state index in [1.807, 2.05) is 22.7 Å². The molecule has 0 unspecified atom stereocenters. The molecule has 0 saturated carbocycles. The molecule has 0 atom stereocenters. The van der Waals surface area contributed by atoms with E-state index in [-0.39, 0.29) is 0 Å². The number of nitrogens with zero attached hydrogens (tertiary/aromatic N) is 1. The third-order valence-electron chi connectivity index (χ3n) is 9.60. The van der Waals surface area contributed by atoms with Gasteiger partial charge < -0.3 is 8.98 Å². The number of fused-ring (bicyclic) bond motifs is 12. The summed E-state index contributed by atoms with van der Waals surface area (Å²) in [6.07, 6.45) is 0. The zero-order valence-corrected chi connectivity index (χ0v) is 26.1. The standard InChI is InChI=1S/C42H23NOS2/c1-4-15-34-25(9-1)31-22-33-26-10-2-5-16-37(26)46-40(33)23-35(31)43(34)24-19-20-36-32(21-24)29-14-7-13-28(42(29)44-36)27-12-8-18-39-41(27)30-11-3-6-17-38(30)45-39/h1-23H. The molecule has 2 nitrogen and oxygen atoms in total. The normalized spacial score (nSPS) is 12.3. The zero-order valence-electron chi connectivity index (χ0n) is 24.5. The molecule has 0 saturated heterocycles. The van der Waals surface area contributed by atoms with Gasteiger partial charge in [0.1, 0.15) is 11.2 Å². The molecule has 4 heteroatoms. The van der Waals surface area contributed by atoms with Crippen molar-refractivity contribution in [3.8, 4) is 16.8 Å². The fourth-order valence-electron chi connectivity index (χ4n) is 7.60. The maximum absolute atomic E-state index is 6.71. The molecule has 4 aromatic heterocycles. The predicted molar refractivity (Wildman–Crippen MR) is 199 cm³/mol. The van der Waals surface area contributed by atoms with Gasteiger partial charge in [0.25, 0.3) is 0 Å². The predicted octanol–water partition coefficient (Wildman–Crippen LogP) is 13.1. The Hall–Kier alpha value is -5.42. The Labute approximate surface area is 270 Å². The van der Waals surface area contributed by atoms with E-state index in [0.29, 0.717) is 0 Å². The van der Waals surface area contributed by atoms with E-state index in [4.69, 9.17) is 4.42 Å². The Kier molecular flexibility index (Phi) is 4.90. The average molecular weight is 622 g/mol. The topological polar surface area (TPSA) is 18.1 Å². The van der Waals surface area contributed by atoms with E-state index in [9.17, 15) is 0 Å². The van der Waals surface area contributed by atoms with Crippen molar-refractivity contribution in [3.63, 3.8) is 0 Å². The van der Waals surface area contributed by atoms with E-state index >= 15 is 0 Å². The van der Waals surface area contributed by atoms with Gasteiger partial charge in [-0.3, -0.25) is 0 Å². The van der Waals surface area contributed by atoms with Crippen LogP contribution in [0.25, 0.3) is 101 Å². The number of para-hydroxylation sites is 2. The van der Waals surface area contributed by atoms with Gasteiger partial charge in [-0.1, -0.05) is 84.9 Å². The SMILES string of the molecule is c1ccc2c(c1)sc1cc3c(cc12)c1ccccc1n3-c1ccc2oc3c(-c4cccc5sc6ccccc6c45)cccc3c2c1. The molecule has 0 aliphatic carbocycles. The lowest BCUT2D eigenvalue weighted by atomic mass is 9.97. The first kappa shape index (κ1) is 24.8. The molecule has 4 heterocycles. The number of furan rings is 1. The minimum Gasteiger partial charge on any atom is -0.455 e. The summed E-state index contributed by atoms with van der Waals surface area (Å²) in [5.74, 6) is 0. The summed E-state index contributed by atoms with van der Waals surface area (Å²) in [5.41, 5.74) is 7.77. The van der Waals surface area contributed by atoms with Crippen molar-refractivity contribution >= 4 is 107 Å². The van der Waals surface area contributed by atoms with E-state index in [0.717, 1.165) is 33.2 Å². The summed E-state index contributed by atoms with van der Waals surface area (Å²) < 4.78 is 14.4. The molecular formula is C42H23NOS2. The number of benzene rings is 7. The van der Waals surface area contributed by atoms with Gasteiger partial charge in [-0.25, -0.2) is 0 Å². The van der Waals surface area contributed by atoms with Crippen molar-refractivity contribution in [2.24, 2.45) is 0 Å². The zero-order chi connectivity index (χ0) is 29.9. The maximum Gasteiger partial charge on any atom is 0.143 e. The van der Waals surface area contributed by atoms with E-state index in [2.05, 4.69) is 144 Å². The summed E-state index contributed by atoms with van der Waals surface area (Å²) in [6, 6.07) is 50.9. The third kappa shape index (κ3) is 3.30. The number of aromatic nitrogens is 1. The molecular weight excluding hydrogens is 599 g/mol. The van der Waals surface area contributed by atoms with Crippen LogP contribution in [-0.2, 0) is 0 Å². The van der Waals surface area contributed by atoms with Crippen LogP contribution in [0.3, 0.4) is 0 Å². The lowest BCUT2D eigenvalue weighted by Crippen LogP contribution is -1.93. The summed E-state index contributed by atoms with van der Waals surface area (Å²) in [6.45, 7) is 0. The molecule has 0 fully saturated rings. The maximum atomic E-state index is 6.71. The molecule has 0 aliphatic heterocycles. The van der Waals surface area contributed by atoms with Crippen LogP contribution in [0.5, 0.6) is 0 Å². The molecule has 0 radical (unpaired) electrons. The van der Waals surface area contributed by atoms with Crippen molar-refractivity contribution < 1.29 is 4.42 Å². The van der Waals surface area contributed by atoms with Crippen molar-refractivity contribution in [2.75, 3.05) is 0 Å². The van der Waals surface area contributed by atoms with Crippen LogP contribution >= 0.6 is 22.7 Å². The monoisotopic (exact) mass is 621 g/mol. The lowest BCUT2D eigenvalue weighted by Gasteiger charge is -2.08. The molecule has 46 heavy (non-hydrogen) atoms. The van der Waals surface area contributed by atoms with Crippen LogP contribution in [0, 0.1) is 0 Å². The van der Waals surface area contributed by atoms with Crippen LogP contribution in [0.1, 0.15) is 0 Å². The highest BCUT2D eigenvalue weighted by Gasteiger charge is 2.19. The summed E-state index contributed by atoms with van der Waals surface area (Å²) in [5, 5.41) is 10.1. The number of rotatable bonds is 2. The number of hydrogen-bond acceptors (Lipinski definition) is 3. The fourth-order valence-corrected chi connectivity index (χ4v) is 9.86. The highest BCUT2D eigenvalue weighted by atomic mass is 32.1. The summed E-state index contributed by atoms with van der Waals surface area (Å²) in [4.78, 5) is 0. The minimum atomic E-state index is 0.904. The van der Waals surface area contributed by atoms with Gasteiger partial charge in [0, 0.05) is 73.1 Å². The van der Waals surface area contributed by atoms with Crippen molar-refractivity contribution in [2.45, 2.75) is 0 Å². The van der Waals surface area contributed by atoms with Crippen LogP contribution < -0.4 is 0 Å². The van der Waals surface area contributed by atoms with E-state index < -0.39 is 0 Å². The summed E-state index contributed by atoms with van der Waals surface area (Å²) in [7, 11) is 0. The van der Waals surface area contributed by atoms with Crippen LogP contribution in [0.2, 0.25) is 0 Å². The van der Waals surface area contributed by atoms with Crippen LogP contribution in [0.4, 0.5) is 0 Å². The Balaban J connectivity index is 1.17. The van der Waals surface area contributed by atoms with Gasteiger partial charge in [0.05, 0.1) is 11.0 Å². The molecule has 0 bridgehead atoms. The van der Waals surface area contributed by atoms with Crippen molar-refractivity contribution in [1.82, 2.24) is 4.57 Å². The Morgan fingerprint density at radius 3 is 2.02 bits per heavy atom. The van der Waals surface area contributed by atoms with Crippen molar-refractivity contribution in [1.29, 1.82) is 0 Å². The molecule has 214 valence electrons. The van der Waals surface area contributed by atoms with Crippen LogP contribution in [-0.4, -0.2) is 4.57 Å². The minimum absolute atomic E-state index is 0.904. The average Bonchev–Trinajstić information content (AvgIpc) is 3.85. The van der Waals surface area contributed by atoms with Gasteiger partial charge in [-0.2, -0.15) is 0 Å². The lowest BCUT2D eigenvalue weighted by molar-refractivity contribution is 0.670. The second-order valence-corrected chi connectivity index (χ2v) is 14.2. The Morgan fingerprint density at radius 2 is 1.11 bits per heavy atom. The first-order valence-electron chi connectivity index (χ1n) is 15.5. The Morgan fingerprint density at radius 1 is 0.413 bits per heavy atom. The van der Waals surface area contributed by atoms with Gasteiger partial charge in [-0.05, 0) is 60.2 Å². The Bertz CT molecular complexity index is 3040. The third-order valence-corrected chi connectivity index (χ3v) is 11.9. The van der Waals surface area contributed by atoms with Gasteiger partial charge in [0.15, 0.2) is 0 Å². The first-order valence-corrected chi connectivity index (χ1v) is 17.1. The van der Waals surface area contributed by atoms with Gasteiger partial charge in [-0.15, -0.1) is 22.7 Å². The highest BCUT2D eigenvalue weighted by Crippen LogP contribution is 2.45. The smallest absolute Gasteiger partial charge is 0.143 e. The highest BCUT2D eigenvalue weighted by molar-refractivity contribution is 7.26. The largest absolute Gasteiger partial charge is 0.455 e. The molecule has 11 rings (SSSR count). The van der Waals surface area contributed by atoms with E-state index in [1.54, 1.807) is 0 Å². The quantitative estimate of drug-likeness (QED) is 0.188. The molecule has 0 amide bonds. The second kappa shape index (κ2) is 9.07. The van der Waals surface area contributed by atoms with Gasteiger partial charge >= 0.3 is 0 Å². The molecule has 0 aliphatic rings. The molecule has 11 aromatic rings. The molecule has 0 N–H and O–H groups in total. The molecule has 0 spiro atoms. The summed E-state index contributed by atoms with van der Waals surface area (Å²) >= 11 is 3.72. The number of thiophene rings is 2. The first-order chi connectivity index (χ1) is 22.8. The molecule has 7 aromatic carbocycles. The van der Waals surface area contributed by atoms with Crippen molar-refractivity contribution in [3.05, 3.63) is 140 Å².